The van der Waals surface area contributed by atoms with Gasteiger partial charge in [0.05, 0.1) is 0 Å². The van der Waals surface area contributed by atoms with E-state index >= 15 is 0 Å². The zero-order valence-corrected chi connectivity index (χ0v) is 14.7. The van der Waals surface area contributed by atoms with Crippen LogP contribution in [0.3, 0.4) is 0 Å². The van der Waals surface area contributed by atoms with Crippen LogP contribution >= 0.6 is 15.9 Å². The van der Waals surface area contributed by atoms with Gasteiger partial charge in [-0.2, -0.15) is 0 Å². The molecule has 20 heavy (non-hydrogen) atoms. The van der Waals surface area contributed by atoms with Crippen LogP contribution in [0.4, 0.5) is 0 Å². The third-order valence-corrected chi connectivity index (χ3v) is 4.84. The van der Waals surface area contributed by atoms with Gasteiger partial charge in [0, 0.05) is 28.0 Å². The van der Waals surface area contributed by atoms with Gasteiger partial charge in [-0.05, 0) is 50.9 Å². The van der Waals surface area contributed by atoms with Gasteiger partial charge in [-0.25, -0.2) is 0 Å². The summed E-state index contributed by atoms with van der Waals surface area (Å²) in [5, 5.41) is 7.36. The maximum atomic E-state index is 3.78. The molecule has 1 heterocycles. The predicted octanol–water partition coefficient (Wildman–Crippen LogP) is 3.85. The SMILES string of the molecule is CC1(C)CC(NCC(C)(C)c2ccc(Br)cc2)CCN1. The highest BCUT2D eigenvalue weighted by Gasteiger charge is 2.29. The van der Waals surface area contributed by atoms with Gasteiger partial charge in [0.1, 0.15) is 0 Å². The zero-order chi connectivity index (χ0) is 14.8. The molecule has 1 aromatic rings. The quantitative estimate of drug-likeness (QED) is 0.871. The average Bonchev–Trinajstić information content (AvgIpc) is 2.36. The van der Waals surface area contributed by atoms with Crippen LogP contribution in [0.5, 0.6) is 0 Å². The Morgan fingerprint density at radius 3 is 2.55 bits per heavy atom. The van der Waals surface area contributed by atoms with E-state index in [0.29, 0.717) is 6.04 Å². The number of nitrogens with one attached hydrogen (secondary N) is 2. The molecule has 1 atom stereocenters. The first-order chi connectivity index (χ1) is 9.28. The normalized spacial score (nSPS) is 22.8. The van der Waals surface area contributed by atoms with E-state index in [0.717, 1.165) is 17.6 Å². The number of piperidine rings is 1. The summed E-state index contributed by atoms with van der Waals surface area (Å²) in [5.74, 6) is 0. The standard InChI is InChI=1S/C17H27BrN2/c1-16(2,13-5-7-14(18)8-6-13)12-19-15-9-10-20-17(3,4)11-15/h5-8,15,19-20H,9-12H2,1-4H3. The molecule has 3 heteroatoms. The number of halogens is 1. The highest BCUT2D eigenvalue weighted by atomic mass is 79.9. The molecule has 2 rings (SSSR count). The monoisotopic (exact) mass is 338 g/mol. The maximum Gasteiger partial charge on any atom is 0.0175 e. The number of hydrogen-bond donors (Lipinski definition) is 2. The van der Waals surface area contributed by atoms with Gasteiger partial charge < -0.3 is 10.6 Å². The van der Waals surface area contributed by atoms with Gasteiger partial charge in [-0.1, -0.05) is 41.9 Å². The van der Waals surface area contributed by atoms with Crippen LogP contribution < -0.4 is 10.6 Å². The molecule has 112 valence electrons. The summed E-state index contributed by atoms with van der Waals surface area (Å²) in [6, 6.07) is 9.33. The smallest absolute Gasteiger partial charge is 0.0175 e. The Kier molecular flexibility index (Phi) is 4.93. The third-order valence-electron chi connectivity index (χ3n) is 4.31. The van der Waals surface area contributed by atoms with Crippen LogP contribution in [-0.4, -0.2) is 24.7 Å². The van der Waals surface area contributed by atoms with Gasteiger partial charge in [0.2, 0.25) is 0 Å². The van der Waals surface area contributed by atoms with E-state index in [1.807, 2.05) is 0 Å². The van der Waals surface area contributed by atoms with E-state index in [1.165, 1.54) is 18.4 Å². The summed E-state index contributed by atoms with van der Waals surface area (Å²) < 4.78 is 1.14. The van der Waals surface area contributed by atoms with E-state index in [4.69, 9.17) is 0 Å². The minimum Gasteiger partial charge on any atom is -0.313 e. The molecule has 0 amide bonds. The molecular weight excluding hydrogens is 312 g/mol. The van der Waals surface area contributed by atoms with E-state index in [9.17, 15) is 0 Å². The first-order valence-corrected chi connectivity index (χ1v) is 8.32. The second-order valence-electron chi connectivity index (χ2n) is 7.27. The second kappa shape index (κ2) is 6.17. The van der Waals surface area contributed by atoms with Crippen LogP contribution in [0, 0.1) is 0 Å². The van der Waals surface area contributed by atoms with Crippen molar-refractivity contribution in [3.05, 3.63) is 34.3 Å². The van der Waals surface area contributed by atoms with Crippen molar-refractivity contribution in [1.29, 1.82) is 0 Å². The Morgan fingerprint density at radius 2 is 1.95 bits per heavy atom. The van der Waals surface area contributed by atoms with Gasteiger partial charge in [-0.15, -0.1) is 0 Å². The topological polar surface area (TPSA) is 24.1 Å². The summed E-state index contributed by atoms with van der Waals surface area (Å²) in [5.41, 5.74) is 1.81. The highest BCUT2D eigenvalue weighted by molar-refractivity contribution is 9.10. The lowest BCUT2D eigenvalue weighted by molar-refractivity contribution is 0.240. The molecule has 1 fully saturated rings. The van der Waals surface area contributed by atoms with Crippen LogP contribution in [0.2, 0.25) is 0 Å². The molecule has 2 N–H and O–H groups in total. The molecular formula is C17H27BrN2. The molecule has 1 aliphatic heterocycles. The molecule has 0 aromatic heterocycles. The lowest BCUT2D eigenvalue weighted by Gasteiger charge is -2.38. The van der Waals surface area contributed by atoms with Crippen molar-refractivity contribution in [2.75, 3.05) is 13.1 Å². The van der Waals surface area contributed by atoms with E-state index < -0.39 is 0 Å². The summed E-state index contributed by atoms with van der Waals surface area (Å²) in [6.07, 6.45) is 2.42. The molecule has 1 aliphatic rings. The fourth-order valence-corrected chi connectivity index (χ4v) is 3.22. The minimum atomic E-state index is 0.162. The first-order valence-electron chi connectivity index (χ1n) is 7.53. The van der Waals surface area contributed by atoms with Gasteiger partial charge in [0.25, 0.3) is 0 Å². The average molecular weight is 339 g/mol. The number of benzene rings is 1. The van der Waals surface area contributed by atoms with Crippen molar-refractivity contribution in [3.8, 4) is 0 Å². The largest absolute Gasteiger partial charge is 0.313 e. The van der Waals surface area contributed by atoms with Crippen LogP contribution in [-0.2, 0) is 5.41 Å². The molecule has 0 saturated carbocycles. The lowest BCUT2D eigenvalue weighted by Crippen LogP contribution is -2.53. The van der Waals surface area contributed by atoms with Crippen LogP contribution in [0.15, 0.2) is 28.7 Å². The van der Waals surface area contributed by atoms with Crippen molar-refractivity contribution in [2.24, 2.45) is 0 Å². The molecule has 2 nitrogen and oxygen atoms in total. The molecule has 1 unspecified atom stereocenters. The van der Waals surface area contributed by atoms with Crippen molar-refractivity contribution in [3.63, 3.8) is 0 Å². The summed E-state index contributed by atoms with van der Waals surface area (Å²) >= 11 is 3.50. The molecule has 0 spiro atoms. The van der Waals surface area contributed by atoms with E-state index in [2.05, 4.69) is 78.5 Å². The van der Waals surface area contributed by atoms with Crippen molar-refractivity contribution < 1.29 is 0 Å². The molecule has 0 radical (unpaired) electrons. The summed E-state index contributed by atoms with van der Waals surface area (Å²) in [4.78, 5) is 0. The highest BCUT2D eigenvalue weighted by Crippen LogP contribution is 2.25. The molecule has 0 aliphatic carbocycles. The minimum absolute atomic E-state index is 0.162. The van der Waals surface area contributed by atoms with Crippen LogP contribution in [0.1, 0.15) is 46.1 Å². The molecule has 1 saturated heterocycles. The lowest BCUT2D eigenvalue weighted by atomic mass is 9.83. The van der Waals surface area contributed by atoms with Gasteiger partial charge in [0.15, 0.2) is 0 Å². The van der Waals surface area contributed by atoms with Crippen molar-refractivity contribution >= 4 is 15.9 Å². The van der Waals surface area contributed by atoms with E-state index in [1.54, 1.807) is 0 Å². The fourth-order valence-electron chi connectivity index (χ4n) is 2.95. The van der Waals surface area contributed by atoms with Gasteiger partial charge >= 0.3 is 0 Å². The Balaban J connectivity index is 1.93. The summed E-state index contributed by atoms with van der Waals surface area (Å²) in [7, 11) is 0. The maximum absolute atomic E-state index is 3.78. The van der Waals surface area contributed by atoms with Crippen LogP contribution in [0.25, 0.3) is 0 Å². The zero-order valence-electron chi connectivity index (χ0n) is 13.1. The Labute approximate surface area is 131 Å². The number of rotatable bonds is 4. The summed E-state index contributed by atoms with van der Waals surface area (Å²) in [6.45, 7) is 11.4. The van der Waals surface area contributed by atoms with E-state index in [-0.39, 0.29) is 11.0 Å². The van der Waals surface area contributed by atoms with Crippen molar-refractivity contribution in [2.45, 2.75) is 57.5 Å². The second-order valence-corrected chi connectivity index (χ2v) is 8.19. The first kappa shape index (κ1) is 16.0. The van der Waals surface area contributed by atoms with Crippen molar-refractivity contribution in [1.82, 2.24) is 10.6 Å². The van der Waals surface area contributed by atoms with Gasteiger partial charge in [-0.3, -0.25) is 0 Å². The third kappa shape index (κ3) is 4.31. The molecule has 0 bridgehead atoms. The fraction of sp³-hybridized carbons (Fsp3) is 0.647. The Bertz CT molecular complexity index is 437. The number of hydrogen-bond acceptors (Lipinski definition) is 2. The Morgan fingerprint density at radius 1 is 1.30 bits per heavy atom. The predicted molar refractivity (Wildman–Crippen MR) is 90.3 cm³/mol. The Hall–Kier alpha value is -0.380. The molecule has 1 aromatic carbocycles.